The molecular formula is C24H26FN3O4. The molecule has 1 saturated heterocycles. The fourth-order valence-corrected chi connectivity index (χ4v) is 4.03. The number of methoxy groups -OCH3 is 2. The number of fused-ring (bicyclic) bond motifs is 1. The van der Waals surface area contributed by atoms with Gasteiger partial charge >= 0.3 is 0 Å². The van der Waals surface area contributed by atoms with Crippen molar-refractivity contribution in [3.05, 3.63) is 64.2 Å². The van der Waals surface area contributed by atoms with Crippen LogP contribution in [0.4, 0.5) is 10.1 Å². The molecule has 0 aliphatic carbocycles. The molecule has 1 aromatic heterocycles. The Labute approximate surface area is 185 Å². The molecule has 1 amide bonds. The first-order valence-corrected chi connectivity index (χ1v) is 10.5. The Morgan fingerprint density at radius 2 is 1.66 bits per heavy atom. The Hall–Kier alpha value is -3.55. The van der Waals surface area contributed by atoms with Crippen molar-refractivity contribution >= 4 is 22.5 Å². The quantitative estimate of drug-likeness (QED) is 0.639. The number of hydrogen-bond acceptors (Lipinski definition) is 5. The lowest BCUT2D eigenvalue weighted by atomic mass is 10.1. The molecule has 1 aliphatic heterocycles. The van der Waals surface area contributed by atoms with Crippen LogP contribution in [-0.4, -0.2) is 56.2 Å². The highest BCUT2D eigenvalue weighted by Gasteiger charge is 2.21. The second-order valence-electron chi connectivity index (χ2n) is 7.76. The van der Waals surface area contributed by atoms with Gasteiger partial charge in [0, 0.05) is 55.3 Å². The van der Waals surface area contributed by atoms with Gasteiger partial charge in [-0.3, -0.25) is 9.59 Å². The van der Waals surface area contributed by atoms with Crippen LogP contribution in [0.15, 0.2) is 47.3 Å². The monoisotopic (exact) mass is 439 g/mol. The number of piperazine rings is 1. The smallest absolute Gasteiger partial charge is 0.251 e. The molecule has 7 nitrogen and oxygen atoms in total. The lowest BCUT2D eigenvalue weighted by Gasteiger charge is -2.36. The average molecular weight is 439 g/mol. The SMILES string of the molecule is COc1cc2cc(CCC(=O)N3CCN(c4ccc(F)cc4)CC3)c(=O)[nH]c2cc1OC. The zero-order valence-electron chi connectivity index (χ0n) is 18.2. The van der Waals surface area contributed by atoms with Crippen molar-refractivity contribution in [1.29, 1.82) is 0 Å². The van der Waals surface area contributed by atoms with E-state index in [-0.39, 0.29) is 23.7 Å². The summed E-state index contributed by atoms with van der Waals surface area (Å²) >= 11 is 0. The molecule has 2 aromatic carbocycles. The summed E-state index contributed by atoms with van der Waals surface area (Å²) in [6, 6.07) is 11.7. The maximum absolute atomic E-state index is 13.1. The molecule has 1 N–H and O–H groups in total. The van der Waals surface area contributed by atoms with E-state index in [0.29, 0.717) is 55.2 Å². The molecule has 0 atom stereocenters. The molecule has 2 heterocycles. The topological polar surface area (TPSA) is 74.9 Å². The molecule has 0 saturated carbocycles. The number of aromatic nitrogens is 1. The van der Waals surface area contributed by atoms with E-state index >= 15 is 0 Å². The summed E-state index contributed by atoms with van der Waals surface area (Å²) in [6.45, 7) is 2.58. The Balaban J connectivity index is 1.39. The van der Waals surface area contributed by atoms with Gasteiger partial charge in [0.1, 0.15) is 5.82 Å². The number of pyridine rings is 1. The van der Waals surface area contributed by atoms with Gasteiger partial charge in [0.05, 0.1) is 19.7 Å². The van der Waals surface area contributed by atoms with Gasteiger partial charge < -0.3 is 24.3 Å². The van der Waals surface area contributed by atoms with E-state index in [4.69, 9.17) is 9.47 Å². The number of rotatable bonds is 6. The van der Waals surface area contributed by atoms with Crippen LogP contribution >= 0.6 is 0 Å². The molecule has 32 heavy (non-hydrogen) atoms. The molecule has 168 valence electrons. The zero-order chi connectivity index (χ0) is 22.7. The van der Waals surface area contributed by atoms with Gasteiger partial charge in [-0.1, -0.05) is 0 Å². The number of aromatic amines is 1. The number of nitrogens with one attached hydrogen (secondary N) is 1. The molecule has 1 aliphatic rings. The predicted octanol–water partition coefficient (Wildman–Crippen LogP) is 2.97. The third-order valence-electron chi connectivity index (χ3n) is 5.86. The predicted molar refractivity (Wildman–Crippen MR) is 121 cm³/mol. The maximum Gasteiger partial charge on any atom is 0.251 e. The van der Waals surface area contributed by atoms with Gasteiger partial charge in [0.15, 0.2) is 11.5 Å². The van der Waals surface area contributed by atoms with Crippen molar-refractivity contribution in [3.8, 4) is 11.5 Å². The fraction of sp³-hybridized carbons (Fsp3) is 0.333. The second-order valence-corrected chi connectivity index (χ2v) is 7.76. The Kier molecular flexibility index (Phi) is 6.30. The second kappa shape index (κ2) is 9.30. The summed E-state index contributed by atoms with van der Waals surface area (Å²) in [5.74, 6) is 0.880. The van der Waals surface area contributed by atoms with Crippen LogP contribution in [0.2, 0.25) is 0 Å². The highest BCUT2D eigenvalue weighted by Crippen LogP contribution is 2.31. The maximum atomic E-state index is 13.1. The van der Waals surface area contributed by atoms with E-state index in [9.17, 15) is 14.0 Å². The van der Waals surface area contributed by atoms with Crippen LogP contribution in [-0.2, 0) is 11.2 Å². The third-order valence-corrected chi connectivity index (χ3v) is 5.86. The molecule has 1 fully saturated rings. The van der Waals surface area contributed by atoms with Crippen LogP contribution in [0.3, 0.4) is 0 Å². The normalized spacial score (nSPS) is 14.0. The van der Waals surface area contributed by atoms with Crippen molar-refractivity contribution in [2.24, 2.45) is 0 Å². The number of benzene rings is 2. The fourth-order valence-electron chi connectivity index (χ4n) is 4.03. The summed E-state index contributed by atoms with van der Waals surface area (Å²) < 4.78 is 23.7. The Morgan fingerprint density at radius 3 is 2.31 bits per heavy atom. The van der Waals surface area contributed by atoms with Crippen molar-refractivity contribution in [2.75, 3.05) is 45.3 Å². The third kappa shape index (κ3) is 4.54. The molecular weight excluding hydrogens is 413 g/mol. The number of carbonyl (C=O) groups excluding carboxylic acids is 1. The standard InChI is InChI=1S/C24H26FN3O4/c1-31-21-14-17-13-16(24(30)26-20(17)15-22(21)32-2)3-8-23(29)28-11-9-27(10-12-28)19-6-4-18(25)5-7-19/h4-7,13-15H,3,8-12H2,1-2H3,(H,26,30). The zero-order valence-corrected chi connectivity index (χ0v) is 18.2. The van der Waals surface area contributed by atoms with Gasteiger partial charge in [0.25, 0.3) is 5.56 Å². The first kappa shape index (κ1) is 21.7. The first-order chi connectivity index (χ1) is 15.5. The van der Waals surface area contributed by atoms with Gasteiger partial charge in [-0.2, -0.15) is 0 Å². The van der Waals surface area contributed by atoms with E-state index in [1.54, 1.807) is 38.5 Å². The largest absolute Gasteiger partial charge is 0.493 e. The molecule has 0 radical (unpaired) electrons. The average Bonchev–Trinajstić information content (AvgIpc) is 2.82. The van der Waals surface area contributed by atoms with Crippen molar-refractivity contribution in [2.45, 2.75) is 12.8 Å². The summed E-state index contributed by atoms with van der Waals surface area (Å²) in [5, 5.41) is 0.817. The Morgan fingerprint density at radius 1 is 1.00 bits per heavy atom. The number of halogens is 1. The van der Waals surface area contributed by atoms with Crippen LogP contribution < -0.4 is 19.9 Å². The van der Waals surface area contributed by atoms with E-state index in [1.165, 1.54) is 12.1 Å². The van der Waals surface area contributed by atoms with Crippen molar-refractivity contribution in [3.63, 3.8) is 0 Å². The number of ether oxygens (including phenoxy) is 2. The lowest BCUT2D eigenvalue weighted by molar-refractivity contribution is -0.131. The van der Waals surface area contributed by atoms with E-state index in [1.807, 2.05) is 11.0 Å². The molecule has 0 unspecified atom stereocenters. The van der Waals surface area contributed by atoms with E-state index in [0.717, 1.165) is 11.1 Å². The number of anilines is 1. The van der Waals surface area contributed by atoms with Gasteiger partial charge in [0.2, 0.25) is 5.91 Å². The van der Waals surface area contributed by atoms with Crippen LogP contribution in [0.1, 0.15) is 12.0 Å². The number of nitrogens with zero attached hydrogens (tertiary/aromatic N) is 2. The first-order valence-electron chi connectivity index (χ1n) is 10.5. The van der Waals surface area contributed by atoms with Crippen LogP contribution in [0.5, 0.6) is 11.5 Å². The van der Waals surface area contributed by atoms with Gasteiger partial charge in [-0.25, -0.2) is 4.39 Å². The molecule has 4 rings (SSSR count). The summed E-state index contributed by atoms with van der Waals surface area (Å²) in [6.07, 6.45) is 0.620. The molecule has 8 heteroatoms. The minimum Gasteiger partial charge on any atom is -0.493 e. The molecule has 3 aromatic rings. The van der Waals surface area contributed by atoms with E-state index in [2.05, 4.69) is 9.88 Å². The Bertz CT molecular complexity index is 1170. The minimum atomic E-state index is -0.260. The highest BCUT2D eigenvalue weighted by atomic mass is 19.1. The summed E-state index contributed by atoms with van der Waals surface area (Å²) in [5.41, 5.74) is 1.95. The van der Waals surface area contributed by atoms with Gasteiger partial charge in [-0.05, 0) is 42.8 Å². The number of H-pyrrole nitrogens is 1. The number of amides is 1. The molecule has 0 spiro atoms. The van der Waals surface area contributed by atoms with Crippen molar-refractivity contribution in [1.82, 2.24) is 9.88 Å². The highest BCUT2D eigenvalue weighted by molar-refractivity contribution is 5.83. The van der Waals surface area contributed by atoms with Crippen molar-refractivity contribution < 1.29 is 18.7 Å². The number of aryl methyl sites for hydroxylation is 1. The summed E-state index contributed by atoms with van der Waals surface area (Å²) in [7, 11) is 3.10. The number of hydrogen-bond donors (Lipinski definition) is 1. The summed E-state index contributed by atoms with van der Waals surface area (Å²) in [4.78, 5) is 32.1. The van der Waals surface area contributed by atoms with Gasteiger partial charge in [-0.15, -0.1) is 0 Å². The lowest BCUT2D eigenvalue weighted by Crippen LogP contribution is -2.48. The van der Waals surface area contributed by atoms with Crippen LogP contribution in [0.25, 0.3) is 10.9 Å². The van der Waals surface area contributed by atoms with E-state index < -0.39 is 0 Å². The minimum absolute atomic E-state index is 0.0237. The van der Waals surface area contributed by atoms with Crippen LogP contribution in [0, 0.1) is 5.82 Å². The molecule has 0 bridgehead atoms. The number of carbonyl (C=O) groups is 1.